The molecule has 0 aromatic carbocycles. The van der Waals surface area contributed by atoms with Crippen molar-refractivity contribution < 1.29 is 13.0 Å². The molecule has 1 aliphatic rings. The van der Waals surface area contributed by atoms with Crippen molar-refractivity contribution in [3.8, 4) is 0 Å². The van der Waals surface area contributed by atoms with Gasteiger partial charge in [-0.2, -0.15) is 8.42 Å². The Morgan fingerprint density at radius 2 is 2.22 bits per heavy atom. The van der Waals surface area contributed by atoms with Crippen LogP contribution in [0.5, 0.6) is 0 Å². The Balaban J connectivity index is 2.63. The summed E-state index contributed by atoms with van der Waals surface area (Å²) in [7, 11) is -3.81. The fourth-order valence-electron chi connectivity index (χ4n) is 0.907. The summed E-state index contributed by atoms with van der Waals surface area (Å²) < 4.78 is 29.1. The third-order valence-electron chi connectivity index (χ3n) is 1.37. The van der Waals surface area contributed by atoms with E-state index >= 15 is 0 Å². The van der Waals surface area contributed by atoms with Gasteiger partial charge in [0.15, 0.2) is 0 Å². The lowest BCUT2D eigenvalue weighted by Crippen LogP contribution is -2.29. The average Bonchev–Trinajstić information content (AvgIpc) is 2.08. The number of hydrogen-bond donors (Lipinski definition) is 2. The second-order valence-electron chi connectivity index (χ2n) is 2.10. The Hall–Kier alpha value is -0.130. The fourth-order valence-corrected chi connectivity index (χ4v) is 1.70. The molecule has 1 unspecified atom stereocenters. The van der Waals surface area contributed by atoms with E-state index in [2.05, 4.69) is 5.32 Å². The molecule has 1 aliphatic heterocycles. The van der Waals surface area contributed by atoms with Crippen LogP contribution in [-0.2, 0) is 10.1 Å². The molecule has 0 spiro atoms. The fraction of sp³-hybridized carbons (Fsp3) is 1.00. The first-order chi connectivity index (χ1) is 4.11. The van der Waals surface area contributed by atoms with Gasteiger partial charge < -0.3 is 0 Å². The summed E-state index contributed by atoms with van der Waals surface area (Å²) in [5, 5.41) is 1.95. The Morgan fingerprint density at radius 1 is 1.56 bits per heavy atom. The van der Waals surface area contributed by atoms with E-state index in [-0.39, 0.29) is 0 Å². The zero-order valence-electron chi connectivity index (χ0n) is 4.87. The summed E-state index contributed by atoms with van der Waals surface area (Å²) in [4.78, 5) is 0. The van der Waals surface area contributed by atoms with Crippen molar-refractivity contribution in [1.82, 2.24) is 5.32 Å². The lowest BCUT2D eigenvalue weighted by molar-refractivity contribution is 0.461. The second kappa shape index (κ2) is 2.24. The predicted molar refractivity (Wildman–Crippen MR) is 32.6 cm³/mol. The van der Waals surface area contributed by atoms with E-state index < -0.39 is 15.5 Å². The number of rotatable bonds is 1. The van der Waals surface area contributed by atoms with Gasteiger partial charge in [-0.05, 0) is 19.4 Å². The molecule has 5 heteroatoms. The van der Waals surface area contributed by atoms with E-state index in [1.807, 2.05) is 0 Å². The lowest BCUT2D eigenvalue weighted by atomic mass is 10.4. The maximum atomic E-state index is 10.3. The van der Waals surface area contributed by atoms with Crippen LogP contribution in [0.2, 0.25) is 0 Å². The standard InChI is InChI=1S/C4H9NO3S/c6-9(7,8)4-2-1-3-5-4/h4-5H,1-3H2,(H,6,7,8). The van der Waals surface area contributed by atoms with Gasteiger partial charge in [-0.1, -0.05) is 0 Å². The molecular formula is C4H9NO3S. The maximum Gasteiger partial charge on any atom is 0.281 e. The van der Waals surface area contributed by atoms with Gasteiger partial charge in [0.2, 0.25) is 0 Å². The quantitative estimate of drug-likeness (QED) is 0.500. The van der Waals surface area contributed by atoms with Crippen molar-refractivity contribution in [1.29, 1.82) is 0 Å². The van der Waals surface area contributed by atoms with Crippen molar-refractivity contribution >= 4 is 10.1 Å². The Labute approximate surface area is 54.0 Å². The molecule has 0 aromatic rings. The highest BCUT2D eigenvalue weighted by Crippen LogP contribution is 2.09. The van der Waals surface area contributed by atoms with E-state index in [1.165, 1.54) is 0 Å². The van der Waals surface area contributed by atoms with Crippen LogP contribution < -0.4 is 5.32 Å². The average molecular weight is 151 g/mol. The van der Waals surface area contributed by atoms with Gasteiger partial charge in [0.05, 0.1) is 0 Å². The highest BCUT2D eigenvalue weighted by Gasteiger charge is 2.25. The normalized spacial score (nSPS) is 28.8. The molecule has 1 rings (SSSR count). The molecule has 0 radical (unpaired) electrons. The monoisotopic (exact) mass is 151 g/mol. The Bertz CT molecular complexity index is 180. The molecule has 0 amide bonds. The zero-order chi connectivity index (χ0) is 6.91. The van der Waals surface area contributed by atoms with E-state index in [4.69, 9.17) is 4.55 Å². The minimum absolute atomic E-state index is 0.527. The van der Waals surface area contributed by atoms with Crippen molar-refractivity contribution in [3.63, 3.8) is 0 Å². The summed E-state index contributed by atoms with van der Waals surface area (Å²) >= 11 is 0. The molecule has 1 heterocycles. The molecule has 9 heavy (non-hydrogen) atoms. The molecule has 54 valence electrons. The molecule has 2 N–H and O–H groups in total. The summed E-state index contributed by atoms with van der Waals surface area (Å²) in [6.07, 6.45) is 1.35. The molecular weight excluding hydrogens is 142 g/mol. The van der Waals surface area contributed by atoms with Crippen LogP contribution in [0.3, 0.4) is 0 Å². The number of hydrogen-bond acceptors (Lipinski definition) is 3. The van der Waals surface area contributed by atoms with E-state index in [9.17, 15) is 8.42 Å². The van der Waals surface area contributed by atoms with Gasteiger partial charge in [0.1, 0.15) is 5.37 Å². The first-order valence-electron chi connectivity index (χ1n) is 2.80. The van der Waals surface area contributed by atoms with Crippen LogP contribution in [0.15, 0.2) is 0 Å². The summed E-state index contributed by atoms with van der Waals surface area (Å²) in [5.41, 5.74) is 0. The van der Waals surface area contributed by atoms with Gasteiger partial charge in [-0.15, -0.1) is 0 Å². The van der Waals surface area contributed by atoms with Crippen molar-refractivity contribution in [2.45, 2.75) is 18.2 Å². The molecule has 4 nitrogen and oxygen atoms in total. The summed E-state index contributed by atoms with van der Waals surface area (Å²) in [6, 6.07) is 0. The van der Waals surface area contributed by atoms with Gasteiger partial charge in [-0.3, -0.25) is 9.87 Å². The molecule has 1 fully saturated rings. The summed E-state index contributed by atoms with van der Waals surface area (Å²) in [5.74, 6) is 0. The van der Waals surface area contributed by atoms with Crippen LogP contribution in [0.4, 0.5) is 0 Å². The number of nitrogens with one attached hydrogen (secondary N) is 1. The SMILES string of the molecule is O=S(=O)(O)C1CCCN1. The topological polar surface area (TPSA) is 66.4 Å². The van der Waals surface area contributed by atoms with Crippen LogP contribution in [0.25, 0.3) is 0 Å². The van der Waals surface area contributed by atoms with Gasteiger partial charge in [0.25, 0.3) is 10.1 Å². The zero-order valence-corrected chi connectivity index (χ0v) is 5.69. The second-order valence-corrected chi connectivity index (χ2v) is 3.70. The maximum absolute atomic E-state index is 10.3. The molecule has 0 aromatic heterocycles. The van der Waals surface area contributed by atoms with Crippen molar-refractivity contribution in [2.24, 2.45) is 0 Å². The summed E-state index contributed by atoms with van der Waals surface area (Å²) in [6.45, 7) is 0.685. The Kier molecular flexibility index (Phi) is 1.74. The van der Waals surface area contributed by atoms with Gasteiger partial charge in [-0.25, -0.2) is 0 Å². The molecule has 1 saturated heterocycles. The van der Waals surface area contributed by atoms with Crippen molar-refractivity contribution in [3.05, 3.63) is 0 Å². The minimum atomic E-state index is -3.81. The van der Waals surface area contributed by atoms with Crippen LogP contribution in [0.1, 0.15) is 12.8 Å². The molecule has 1 atom stereocenters. The first kappa shape index (κ1) is 6.98. The van der Waals surface area contributed by atoms with Gasteiger partial charge >= 0.3 is 0 Å². The largest absolute Gasteiger partial charge is 0.299 e. The third kappa shape index (κ3) is 1.64. The Morgan fingerprint density at radius 3 is 2.44 bits per heavy atom. The third-order valence-corrected chi connectivity index (χ3v) is 2.50. The minimum Gasteiger partial charge on any atom is -0.299 e. The molecule has 0 saturated carbocycles. The van der Waals surface area contributed by atoms with Crippen LogP contribution >= 0.6 is 0 Å². The molecule has 0 bridgehead atoms. The van der Waals surface area contributed by atoms with Gasteiger partial charge in [0, 0.05) is 0 Å². The smallest absolute Gasteiger partial charge is 0.281 e. The lowest BCUT2D eigenvalue weighted by Gasteiger charge is -2.03. The first-order valence-corrected chi connectivity index (χ1v) is 4.31. The van der Waals surface area contributed by atoms with E-state index in [1.54, 1.807) is 0 Å². The van der Waals surface area contributed by atoms with E-state index in [0.717, 1.165) is 6.42 Å². The van der Waals surface area contributed by atoms with Crippen molar-refractivity contribution in [2.75, 3.05) is 6.54 Å². The molecule has 0 aliphatic carbocycles. The highest BCUT2D eigenvalue weighted by molar-refractivity contribution is 7.86. The van der Waals surface area contributed by atoms with Crippen LogP contribution in [0, 0.1) is 0 Å². The predicted octanol–water partition coefficient (Wildman–Crippen LogP) is -0.416. The highest BCUT2D eigenvalue weighted by atomic mass is 32.2. The van der Waals surface area contributed by atoms with Crippen LogP contribution in [-0.4, -0.2) is 24.9 Å². The van der Waals surface area contributed by atoms with E-state index in [0.29, 0.717) is 13.0 Å².